The lowest BCUT2D eigenvalue weighted by atomic mass is 9.97. The van der Waals surface area contributed by atoms with E-state index in [1.165, 1.54) is 16.7 Å². The van der Waals surface area contributed by atoms with Crippen molar-refractivity contribution in [3.05, 3.63) is 181 Å². The topological polar surface area (TPSA) is 50.9 Å². The van der Waals surface area contributed by atoms with E-state index in [1.807, 2.05) is 42.6 Å². The van der Waals surface area contributed by atoms with Crippen molar-refractivity contribution in [1.82, 2.24) is 14.5 Å². The molecule has 224 valence electrons. The number of nitrogens with zero attached hydrogens (tertiary/aromatic N) is 3. The predicted octanol–water partition coefficient (Wildman–Crippen LogP) is 10.4. The molecule has 0 aliphatic heterocycles. The number of aromatic nitrogens is 3. The third-order valence-corrected chi connectivity index (χ3v) is 8.59. The van der Waals surface area contributed by atoms with E-state index in [2.05, 4.69) is 126 Å². The Morgan fingerprint density at radius 1 is 0.511 bits per heavy atom. The molecule has 0 atom stereocenters. The molecule has 0 bridgehead atoms. The molecule has 6 aromatic carbocycles. The zero-order valence-corrected chi connectivity index (χ0v) is 25.7. The van der Waals surface area contributed by atoms with Crippen molar-refractivity contribution in [3.8, 4) is 56.3 Å². The number of phenolic OH excluding ortho intramolecular Hbond substituents is 1. The van der Waals surface area contributed by atoms with Crippen LogP contribution in [-0.2, 0) is 6.42 Å². The zero-order valence-electron chi connectivity index (χ0n) is 25.7. The summed E-state index contributed by atoms with van der Waals surface area (Å²) in [7, 11) is 0. The lowest BCUT2D eigenvalue weighted by Gasteiger charge is -2.11. The number of rotatable bonds is 7. The predicted molar refractivity (Wildman–Crippen MR) is 192 cm³/mol. The normalized spacial score (nSPS) is 11.1. The van der Waals surface area contributed by atoms with E-state index < -0.39 is 0 Å². The Hall–Kier alpha value is -6.26. The molecule has 0 saturated heterocycles. The summed E-state index contributed by atoms with van der Waals surface area (Å²) in [6.07, 6.45) is 2.79. The SMILES string of the molecule is Oc1ccccc1-c1nc2c(-c3cccc(-c4cc(-c5cccc(Cc6ccccc6)c5)ccn4)c3)cccc2n1-c1ccccc1. The maximum Gasteiger partial charge on any atom is 0.149 e. The first-order chi connectivity index (χ1) is 23.2. The Labute approximate surface area is 273 Å². The fraction of sp³-hybridized carbons (Fsp3) is 0.0233. The van der Waals surface area contributed by atoms with Gasteiger partial charge >= 0.3 is 0 Å². The van der Waals surface area contributed by atoms with Crippen LogP contribution in [0.1, 0.15) is 11.1 Å². The molecule has 0 radical (unpaired) electrons. The number of hydrogen-bond donors (Lipinski definition) is 1. The summed E-state index contributed by atoms with van der Waals surface area (Å²) in [5, 5.41) is 10.8. The number of pyridine rings is 1. The summed E-state index contributed by atoms with van der Waals surface area (Å²) in [5.41, 5.74) is 12.4. The molecule has 4 nitrogen and oxygen atoms in total. The van der Waals surface area contributed by atoms with Gasteiger partial charge in [0.15, 0.2) is 0 Å². The van der Waals surface area contributed by atoms with Crippen LogP contribution in [0, 0.1) is 0 Å². The van der Waals surface area contributed by atoms with Crippen LogP contribution in [0.25, 0.3) is 61.6 Å². The van der Waals surface area contributed by atoms with Gasteiger partial charge in [0.25, 0.3) is 0 Å². The Balaban J connectivity index is 1.19. The summed E-state index contributed by atoms with van der Waals surface area (Å²) in [5.74, 6) is 0.886. The fourth-order valence-electron chi connectivity index (χ4n) is 6.32. The quantitative estimate of drug-likeness (QED) is 0.197. The molecule has 0 aliphatic rings. The van der Waals surface area contributed by atoms with Crippen LogP contribution in [0.15, 0.2) is 170 Å². The molecular weight excluding hydrogens is 574 g/mol. The van der Waals surface area contributed by atoms with Gasteiger partial charge < -0.3 is 5.11 Å². The second kappa shape index (κ2) is 12.3. The molecule has 2 aromatic heterocycles. The van der Waals surface area contributed by atoms with E-state index in [1.54, 1.807) is 6.07 Å². The van der Waals surface area contributed by atoms with Gasteiger partial charge in [-0.3, -0.25) is 9.55 Å². The monoisotopic (exact) mass is 605 g/mol. The van der Waals surface area contributed by atoms with Crippen molar-refractivity contribution in [2.75, 3.05) is 0 Å². The minimum Gasteiger partial charge on any atom is -0.507 e. The first-order valence-corrected chi connectivity index (χ1v) is 15.8. The molecule has 8 rings (SSSR count). The van der Waals surface area contributed by atoms with Gasteiger partial charge in [-0.2, -0.15) is 0 Å². The van der Waals surface area contributed by atoms with Crippen LogP contribution in [0.3, 0.4) is 0 Å². The number of hydrogen-bond acceptors (Lipinski definition) is 3. The van der Waals surface area contributed by atoms with Crippen LogP contribution in [0.4, 0.5) is 0 Å². The summed E-state index contributed by atoms with van der Waals surface area (Å²) in [6.45, 7) is 0. The summed E-state index contributed by atoms with van der Waals surface area (Å²) in [4.78, 5) is 9.96. The summed E-state index contributed by atoms with van der Waals surface area (Å²) in [6, 6.07) is 55.9. The first-order valence-electron chi connectivity index (χ1n) is 15.8. The van der Waals surface area contributed by atoms with E-state index in [4.69, 9.17) is 9.97 Å². The molecule has 0 spiro atoms. The molecule has 2 heterocycles. The fourth-order valence-corrected chi connectivity index (χ4v) is 6.32. The third kappa shape index (κ3) is 5.58. The van der Waals surface area contributed by atoms with Gasteiger partial charge in [-0.15, -0.1) is 0 Å². The van der Waals surface area contributed by atoms with Crippen molar-refractivity contribution in [3.63, 3.8) is 0 Å². The van der Waals surface area contributed by atoms with Crippen LogP contribution in [0.2, 0.25) is 0 Å². The molecule has 47 heavy (non-hydrogen) atoms. The number of aromatic hydroxyl groups is 1. The highest BCUT2D eigenvalue weighted by atomic mass is 16.3. The number of fused-ring (bicyclic) bond motifs is 1. The van der Waals surface area contributed by atoms with E-state index >= 15 is 0 Å². The lowest BCUT2D eigenvalue weighted by Crippen LogP contribution is -1.97. The average molecular weight is 606 g/mol. The smallest absolute Gasteiger partial charge is 0.149 e. The van der Waals surface area contributed by atoms with Gasteiger partial charge in [-0.05, 0) is 82.8 Å². The maximum atomic E-state index is 10.8. The molecule has 1 N–H and O–H groups in total. The minimum absolute atomic E-state index is 0.195. The maximum absolute atomic E-state index is 10.8. The molecule has 0 fully saturated rings. The van der Waals surface area contributed by atoms with Gasteiger partial charge in [0.05, 0.1) is 22.3 Å². The largest absolute Gasteiger partial charge is 0.507 e. The molecule has 0 amide bonds. The Kier molecular flexibility index (Phi) is 7.37. The van der Waals surface area contributed by atoms with Crippen molar-refractivity contribution in [2.45, 2.75) is 6.42 Å². The van der Waals surface area contributed by atoms with Gasteiger partial charge in [0.2, 0.25) is 0 Å². The van der Waals surface area contributed by atoms with Crippen LogP contribution in [-0.4, -0.2) is 19.6 Å². The van der Waals surface area contributed by atoms with Gasteiger partial charge in [0.1, 0.15) is 11.6 Å². The Bertz CT molecular complexity index is 2340. The molecule has 0 saturated carbocycles. The molecule has 0 unspecified atom stereocenters. The van der Waals surface area contributed by atoms with E-state index in [0.29, 0.717) is 11.4 Å². The molecule has 8 aromatic rings. The van der Waals surface area contributed by atoms with Crippen LogP contribution < -0.4 is 0 Å². The number of benzene rings is 6. The van der Waals surface area contributed by atoms with Crippen molar-refractivity contribution in [1.29, 1.82) is 0 Å². The van der Waals surface area contributed by atoms with E-state index in [0.717, 1.165) is 51.1 Å². The number of imidazole rings is 1. The van der Waals surface area contributed by atoms with E-state index in [-0.39, 0.29) is 5.75 Å². The molecule has 0 aliphatic carbocycles. The second-order valence-electron chi connectivity index (χ2n) is 11.7. The Morgan fingerprint density at radius 3 is 2.02 bits per heavy atom. The summed E-state index contributed by atoms with van der Waals surface area (Å²) < 4.78 is 2.12. The molecule has 4 heteroatoms. The second-order valence-corrected chi connectivity index (χ2v) is 11.7. The van der Waals surface area contributed by atoms with Gasteiger partial charge in [-0.1, -0.05) is 115 Å². The minimum atomic E-state index is 0.195. The summed E-state index contributed by atoms with van der Waals surface area (Å²) >= 11 is 0. The third-order valence-electron chi connectivity index (χ3n) is 8.59. The van der Waals surface area contributed by atoms with Crippen molar-refractivity contribution < 1.29 is 5.11 Å². The number of para-hydroxylation sites is 3. The van der Waals surface area contributed by atoms with Gasteiger partial charge in [0, 0.05) is 23.0 Å². The lowest BCUT2D eigenvalue weighted by molar-refractivity contribution is 0.477. The van der Waals surface area contributed by atoms with E-state index in [9.17, 15) is 5.11 Å². The van der Waals surface area contributed by atoms with Gasteiger partial charge in [-0.25, -0.2) is 4.98 Å². The molecular formula is C43H31N3O. The van der Waals surface area contributed by atoms with Crippen molar-refractivity contribution >= 4 is 11.0 Å². The first kappa shape index (κ1) is 28.2. The standard InChI is InChI=1S/C43H31N3O/c47-41-23-8-7-20-38(41)43-45-42-37(21-11-22-40(42)46(43)36-18-5-2-6-19-36)34-16-10-17-35(28-34)39-29-33(24-25-44-39)32-15-9-14-31(27-32)26-30-12-3-1-4-13-30/h1-25,27-29,47H,26H2. The average Bonchev–Trinajstić information content (AvgIpc) is 3.52. The number of phenols is 1. The highest BCUT2D eigenvalue weighted by molar-refractivity contribution is 5.96. The van der Waals surface area contributed by atoms with Crippen molar-refractivity contribution in [2.24, 2.45) is 0 Å². The van der Waals surface area contributed by atoms with Crippen LogP contribution >= 0.6 is 0 Å². The zero-order chi connectivity index (χ0) is 31.6. The van der Waals surface area contributed by atoms with Crippen LogP contribution in [0.5, 0.6) is 5.75 Å². The highest BCUT2D eigenvalue weighted by Gasteiger charge is 2.19. The Morgan fingerprint density at radius 2 is 1.17 bits per heavy atom. The highest BCUT2D eigenvalue weighted by Crippen LogP contribution is 2.38.